The largest absolute Gasteiger partial charge is 0.478 e. The van der Waals surface area contributed by atoms with Gasteiger partial charge in [0, 0.05) is 24.9 Å². The zero-order valence-corrected chi connectivity index (χ0v) is 10.8. The molecule has 1 N–H and O–H groups in total. The van der Waals surface area contributed by atoms with Gasteiger partial charge in [-0.05, 0) is 36.8 Å². The fourth-order valence-corrected chi connectivity index (χ4v) is 1.59. The van der Waals surface area contributed by atoms with Gasteiger partial charge < -0.3 is 10.0 Å². The summed E-state index contributed by atoms with van der Waals surface area (Å²) in [6.07, 6.45) is 2.61. The summed E-state index contributed by atoms with van der Waals surface area (Å²) in [5.41, 5.74) is 1.07. The molecule has 0 aliphatic carbocycles. The molecule has 4 nitrogen and oxygen atoms in total. The van der Waals surface area contributed by atoms with E-state index in [-0.39, 0.29) is 6.04 Å². The highest BCUT2D eigenvalue weighted by Gasteiger charge is 2.11. The van der Waals surface area contributed by atoms with Crippen LogP contribution in [0.25, 0.3) is 6.08 Å². The molecule has 0 radical (unpaired) electrons. The number of hydrogen-bond donors (Lipinski definition) is 1. The summed E-state index contributed by atoms with van der Waals surface area (Å²) in [6, 6.07) is 6.29. The summed E-state index contributed by atoms with van der Waals surface area (Å²) in [6.45, 7) is 1.86. The molecule has 0 aliphatic rings. The van der Waals surface area contributed by atoms with E-state index < -0.39 is 11.8 Å². The van der Waals surface area contributed by atoms with Crippen LogP contribution in [0.4, 0.5) is 10.1 Å². The number of carbonyl (C=O) groups is 1. The maximum atomic E-state index is 13.5. The number of anilines is 1. The second-order valence-corrected chi connectivity index (χ2v) is 4.24. The van der Waals surface area contributed by atoms with Crippen LogP contribution < -0.4 is 4.90 Å². The minimum atomic E-state index is -1.09. The molecule has 1 unspecified atom stereocenters. The lowest BCUT2D eigenvalue weighted by Crippen LogP contribution is -2.28. The molecule has 0 aromatic heterocycles. The van der Waals surface area contributed by atoms with Gasteiger partial charge in [0.25, 0.3) is 0 Å². The summed E-state index contributed by atoms with van der Waals surface area (Å²) in [5, 5.41) is 17.2. The minimum Gasteiger partial charge on any atom is -0.478 e. The molecule has 0 aliphatic heterocycles. The van der Waals surface area contributed by atoms with Gasteiger partial charge in [0.05, 0.1) is 12.5 Å². The molecule has 1 atom stereocenters. The maximum absolute atomic E-state index is 13.5. The molecule has 0 saturated heterocycles. The van der Waals surface area contributed by atoms with Gasteiger partial charge in [-0.15, -0.1) is 0 Å². The summed E-state index contributed by atoms with van der Waals surface area (Å²) >= 11 is 0. The third-order valence-electron chi connectivity index (χ3n) is 2.78. The van der Waals surface area contributed by atoms with Crippen molar-refractivity contribution in [3.8, 4) is 6.07 Å². The lowest BCUT2D eigenvalue weighted by molar-refractivity contribution is -0.131. The Hall–Kier alpha value is -2.35. The zero-order valence-electron chi connectivity index (χ0n) is 10.8. The molecule has 100 valence electrons. The zero-order chi connectivity index (χ0) is 14.4. The molecule has 1 aromatic rings. The van der Waals surface area contributed by atoms with Gasteiger partial charge in [0.1, 0.15) is 5.82 Å². The molecule has 0 spiro atoms. The van der Waals surface area contributed by atoms with E-state index in [0.717, 1.165) is 6.08 Å². The first-order valence-electron chi connectivity index (χ1n) is 5.75. The Kier molecular flexibility index (Phi) is 5.07. The fourth-order valence-electron chi connectivity index (χ4n) is 1.59. The minimum absolute atomic E-state index is 0.0527. The Bertz CT molecular complexity index is 535. The summed E-state index contributed by atoms with van der Waals surface area (Å²) < 4.78 is 13.5. The third kappa shape index (κ3) is 4.43. The highest BCUT2D eigenvalue weighted by Crippen LogP contribution is 2.21. The molecule has 0 saturated carbocycles. The molecule has 5 heteroatoms. The molecule has 1 aromatic carbocycles. The summed E-state index contributed by atoms with van der Waals surface area (Å²) in [7, 11) is 1.77. The van der Waals surface area contributed by atoms with Crippen LogP contribution in [0.1, 0.15) is 18.9 Å². The summed E-state index contributed by atoms with van der Waals surface area (Å²) in [5.74, 6) is -1.53. The predicted molar refractivity (Wildman–Crippen MR) is 71.2 cm³/mol. The monoisotopic (exact) mass is 262 g/mol. The van der Waals surface area contributed by atoms with Crippen LogP contribution in [0.3, 0.4) is 0 Å². The average Bonchev–Trinajstić information content (AvgIpc) is 2.35. The van der Waals surface area contributed by atoms with Crippen molar-refractivity contribution in [2.24, 2.45) is 0 Å². The quantitative estimate of drug-likeness (QED) is 0.828. The van der Waals surface area contributed by atoms with E-state index in [4.69, 9.17) is 10.4 Å². The SMILES string of the molecule is CC(CC#N)N(C)c1cc(F)cc(/C=C/C(=O)O)c1. The molecule has 19 heavy (non-hydrogen) atoms. The van der Waals surface area contributed by atoms with Crippen LogP contribution >= 0.6 is 0 Å². The van der Waals surface area contributed by atoms with E-state index in [1.54, 1.807) is 18.0 Å². The van der Waals surface area contributed by atoms with Crippen LogP contribution in [0.15, 0.2) is 24.3 Å². The normalized spacial score (nSPS) is 12.1. The Labute approximate surface area is 111 Å². The van der Waals surface area contributed by atoms with Crippen molar-refractivity contribution in [1.82, 2.24) is 0 Å². The molecule has 0 fully saturated rings. The van der Waals surface area contributed by atoms with Crippen LogP contribution in [0.2, 0.25) is 0 Å². The van der Waals surface area contributed by atoms with Gasteiger partial charge in [-0.2, -0.15) is 5.26 Å². The molecular formula is C14H15FN2O2. The van der Waals surface area contributed by atoms with E-state index in [2.05, 4.69) is 6.07 Å². The Morgan fingerprint density at radius 3 is 2.84 bits per heavy atom. The molecule has 1 rings (SSSR count). The standard InChI is InChI=1S/C14H15FN2O2/c1-10(5-6-16)17(2)13-8-11(3-4-14(18)19)7-12(15)9-13/h3-4,7-10H,5H2,1-2H3,(H,18,19)/b4-3+. The van der Waals surface area contributed by atoms with Crippen molar-refractivity contribution < 1.29 is 14.3 Å². The Balaban J connectivity index is 3.02. The van der Waals surface area contributed by atoms with Crippen molar-refractivity contribution >= 4 is 17.7 Å². The number of carboxylic acids is 1. The molecule has 0 heterocycles. The summed E-state index contributed by atoms with van der Waals surface area (Å²) in [4.78, 5) is 12.2. The van der Waals surface area contributed by atoms with Crippen LogP contribution in [0.5, 0.6) is 0 Å². The van der Waals surface area contributed by atoms with Crippen molar-refractivity contribution in [2.75, 3.05) is 11.9 Å². The van der Waals surface area contributed by atoms with E-state index in [0.29, 0.717) is 17.7 Å². The van der Waals surface area contributed by atoms with Crippen molar-refractivity contribution in [2.45, 2.75) is 19.4 Å². The number of carboxylic acid groups (broad SMARTS) is 1. The average molecular weight is 262 g/mol. The van der Waals surface area contributed by atoms with Crippen LogP contribution in [-0.2, 0) is 4.79 Å². The van der Waals surface area contributed by atoms with Crippen molar-refractivity contribution in [3.05, 3.63) is 35.7 Å². The second kappa shape index (κ2) is 6.55. The van der Waals surface area contributed by atoms with Crippen LogP contribution in [0, 0.1) is 17.1 Å². The molecular weight excluding hydrogens is 247 g/mol. The number of aliphatic carboxylic acids is 1. The Morgan fingerprint density at radius 2 is 2.26 bits per heavy atom. The third-order valence-corrected chi connectivity index (χ3v) is 2.78. The molecule has 0 bridgehead atoms. The number of hydrogen-bond acceptors (Lipinski definition) is 3. The first kappa shape index (κ1) is 14.7. The van der Waals surface area contributed by atoms with Crippen LogP contribution in [-0.4, -0.2) is 24.2 Å². The lowest BCUT2D eigenvalue weighted by atomic mass is 10.1. The van der Waals surface area contributed by atoms with Gasteiger partial charge in [-0.3, -0.25) is 0 Å². The smallest absolute Gasteiger partial charge is 0.328 e. The number of halogens is 1. The topological polar surface area (TPSA) is 64.3 Å². The van der Waals surface area contributed by atoms with Crippen molar-refractivity contribution in [3.63, 3.8) is 0 Å². The first-order chi connectivity index (χ1) is 8.93. The first-order valence-corrected chi connectivity index (χ1v) is 5.75. The maximum Gasteiger partial charge on any atom is 0.328 e. The highest BCUT2D eigenvalue weighted by molar-refractivity contribution is 5.85. The fraction of sp³-hybridized carbons (Fsp3) is 0.286. The van der Waals surface area contributed by atoms with Gasteiger partial charge in [-0.1, -0.05) is 0 Å². The predicted octanol–water partition coefficient (Wildman–Crippen LogP) is 2.66. The Morgan fingerprint density at radius 1 is 1.58 bits per heavy atom. The van der Waals surface area contributed by atoms with E-state index >= 15 is 0 Å². The van der Waals surface area contributed by atoms with Gasteiger partial charge in [-0.25, -0.2) is 9.18 Å². The van der Waals surface area contributed by atoms with E-state index in [1.165, 1.54) is 18.2 Å². The van der Waals surface area contributed by atoms with Gasteiger partial charge in [0.15, 0.2) is 0 Å². The van der Waals surface area contributed by atoms with Gasteiger partial charge >= 0.3 is 5.97 Å². The lowest BCUT2D eigenvalue weighted by Gasteiger charge is -2.25. The number of benzene rings is 1. The molecule has 0 amide bonds. The number of rotatable bonds is 5. The van der Waals surface area contributed by atoms with Gasteiger partial charge in [0.2, 0.25) is 0 Å². The van der Waals surface area contributed by atoms with Crippen molar-refractivity contribution in [1.29, 1.82) is 5.26 Å². The van der Waals surface area contributed by atoms with E-state index in [9.17, 15) is 9.18 Å². The second-order valence-electron chi connectivity index (χ2n) is 4.24. The number of nitrogens with zero attached hydrogens (tertiary/aromatic N) is 2. The van der Waals surface area contributed by atoms with E-state index in [1.807, 2.05) is 6.92 Å². The number of nitriles is 1. The highest BCUT2D eigenvalue weighted by atomic mass is 19.1.